The van der Waals surface area contributed by atoms with E-state index in [-0.39, 0.29) is 0 Å². The molecular weight excluding hydrogens is 529 g/mol. The molecule has 2 aliphatic rings. The number of nitrogens with zero attached hydrogens (tertiary/aromatic N) is 4. The Kier molecular flexibility index (Phi) is 6.63. The molecule has 42 heavy (non-hydrogen) atoms. The van der Waals surface area contributed by atoms with Crippen molar-refractivity contribution in [3.63, 3.8) is 0 Å². The van der Waals surface area contributed by atoms with E-state index < -0.39 is 6.97 Å². The van der Waals surface area contributed by atoms with Gasteiger partial charge in [0.25, 0.3) is 0 Å². The Hall–Kier alpha value is -5.21. The summed E-state index contributed by atoms with van der Waals surface area (Å²) in [6, 6.07) is 14.7. The van der Waals surface area contributed by atoms with Gasteiger partial charge in [0.15, 0.2) is 5.70 Å². The predicted octanol–water partition coefficient (Wildman–Crippen LogP) is 6.15. The second kappa shape index (κ2) is 10.3. The second-order valence-electron chi connectivity index (χ2n) is 10.3. The molecule has 0 fully saturated rings. The van der Waals surface area contributed by atoms with Crippen molar-refractivity contribution in [1.82, 2.24) is 14.4 Å². The van der Waals surface area contributed by atoms with Crippen LogP contribution in [0.3, 0.4) is 0 Å². The summed E-state index contributed by atoms with van der Waals surface area (Å²) in [4.78, 5) is 8.08. The maximum atomic E-state index is 16.9. The molecule has 0 N–H and O–H groups in total. The Morgan fingerprint density at radius 3 is 1.93 bits per heavy atom. The molecule has 0 saturated heterocycles. The highest BCUT2D eigenvalue weighted by molar-refractivity contribution is 6.58. The van der Waals surface area contributed by atoms with Crippen molar-refractivity contribution >= 4 is 18.3 Å². The van der Waals surface area contributed by atoms with Crippen LogP contribution in [0, 0.1) is 37.5 Å². The number of hydrogen-bond acceptors (Lipinski definition) is 3. The summed E-state index contributed by atoms with van der Waals surface area (Å²) in [5, 5.41) is 0. The molecule has 0 bridgehead atoms. The number of hydrogen-bond donors (Lipinski definition) is 0. The third-order valence-electron chi connectivity index (χ3n) is 7.89. The molecule has 5 heterocycles. The van der Waals surface area contributed by atoms with Crippen LogP contribution in [0.4, 0.5) is 8.63 Å². The van der Waals surface area contributed by atoms with Crippen molar-refractivity contribution in [1.29, 1.82) is 0 Å². The highest BCUT2D eigenvalue weighted by Crippen LogP contribution is 2.46. The lowest BCUT2D eigenvalue weighted by molar-refractivity contribution is -0.363. The van der Waals surface area contributed by atoms with Crippen LogP contribution in [-0.2, 0) is 0 Å². The molecule has 0 amide bonds. The Morgan fingerprint density at radius 1 is 0.786 bits per heavy atom. The van der Waals surface area contributed by atoms with Crippen LogP contribution in [0.5, 0.6) is 5.75 Å². The van der Waals surface area contributed by atoms with E-state index in [4.69, 9.17) is 4.74 Å². The van der Waals surface area contributed by atoms with Gasteiger partial charge in [-0.25, -0.2) is 0 Å². The number of rotatable bonds is 2. The molecule has 0 unspecified atom stereocenters. The first-order valence-electron chi connectivity index (χ1n) is 13.6. The largest absolute Gasteiger partial charge is 0.737 e. The SMILES string of the molecule is COc1ccc(C2=C3C(C)=C(C#Cc4ccncc4)C(C)=[N+]3[B-](F)(F)n3c(C)c(C#Cc4ccncc4)c(C)c32)cc1. The number of pyridine rings is 2. The quantitative estimate of drug-likeness (QED) is 0.220. The van der Waals surface area contributed by atoms with Crippen molar-refractivity contribution in [2.24, 2.45) is 0 Å². The monoisotopic (exact) mass is 556 g/mol. The van der Waals surface area contributed by atoms with Gasteiger partial charge in [0.1, 0.15) is 11.5 Å². The zero-order valence-corrected chi connectivity index (χ0v) is 24.0. The normalized spacial score (nSPS) is 15.0. The maximum Gasteiger partial charge on any atom is 0.737 e. The highest BCUT2D eigenvalue weighted by Gasteiger charge is 2.57. The molecule has 0 saturated carbocycles. The summed E-state index contributed by atoms with van der Waals surface area (Å²) in [5.74, 6) is 13.3. The minimum Gasteiger partial charge on any atom is -0.497 e. The van der Waals surface area contributed by atoms with Gasteiger partial charge in [-0.3, -0.25) is 9.97 Å². The molecule has 0 radical (unpaired) electrons. The van der Waals surface area contributed by atoms with Gasteiger partial charge in [0, 0.05) is 65.4 Å². The van der Waals surface area contributed by atoms with Gasteiger partial charge in [0.05, 0.1) is 18.3 Å². The van der Waals surface area contributed by atoms with Gasteiger partial charge in [-0.1, -0.05) is 35.8 Å². The van der Waals surface area contributed by atoms with E-state index in [1.807, 2.05) is 38.1 Å². The van der Waals surface area contributed by atoms with Crippen LogP contribution in [0.2, 0.25) is 0 Å². The number of halogens is 2. The van der Waals surface area contributed by atoms with Crippen LogP contribution in [0.25, 0.3) is 5.57 Å². The molecule has 8 heteroatoms. The van der Waals surface area contributed by atoms with Crippen LogP contribution in [-0.4, -0.2) is 38.7 Å². The fourth-order valence-corrected chi connectivity index (χ4v) is 5.88. The number of benzene rings is 1. The van der Waals surface area contributed by atoms with Crippen molar-refractivity contribution < 1.29 is 17.9 Å². The minimum absolute atomic E-state index is 0.417. The van der Waals surface area contributed by atoms with E-state index >= 15 is 8.63 Å². The second-order valence-corrected chi connectivity index (χ2v) is 10.3. The summed E-state index contributed by atoms with van der Waals surface area (Å²) in [5.41, 5.74) is 7.38. The van der Waals surface area contributed by atoms with E-state index in [0.29, 0.717) is 56.4 Å². The van der Waals surface area contributed by atoms with Gasteiger partial charge >= 0.3 is 6.97 Å². The number of fused-ring (bicyclic) bond motifs is 2. The van der Waals surface area contributed by atoms with Gasteiger partial charge in [-0.15, -0.1) is 0 Å². The Bertz CT molecular complexity index is 1970. The smallest absolute Gasteiger partial charge is 0.497 e. The zero-order valence-electron chi connectivity index (χ0n) is 24.0. The third-order valence-corrected chi connectivity index (χ3v) is 7.89. The summed E-state index contributed by atoms with van der Waals surface area (Å²) in [6.45, 7) is 2.91. The molecule has 1 aromatic carbocycles. The first-order chi connectivity index (χ1) is 20.2. The maximum absolute atomic E-state index is 16.9. The fraction of sp³-hybridized carbons (Fsp3) is 0.147. The standard InChI is InChI=1S/C34H27BF2N4O/c1-22-30(12-6-26-14-18-38-19-15-26)24(3)40-33(22)32(28-8-10-29(42-5)11-9-28)34-23(2)31(25(4)41(34)35(40,36)37)13-7-27-16-20-39-21-17-27/h8-11,14-21H,1-5H3. The van der Waals surface area contributed by atoms with Crippen LogP contribution in [0.1, 0.15) is 53.1 Å². The van der Waals surface area contributed by atoms with Crippen molar-refractivity contribution in [2.45, 2.75) is 27.7 Å². The lowest BCUT2D eigenvalue weighted by atomic mass is 9.83. The minimum atomic E-state index is -4.27. The number of aromatic nitrogens is 3. The predicted molar refractivity (Wildman–Crippen MR) is 161 cm³/mol. The van der Waals surface area contributed by atoms with E-state index in [2.05, 4.69) is 33.6 Å². The molecule has 2 aliphatic heterocycles. The molecule has 5 nitrogen and oxygen atoms in total. The average molecular weight is 556 g/mol. The topological polar surface area (TPSA) is 43.0 Å². The molecule has 206 valence electrons. The first kappa shape index (κ1) is 27.0. The summed E-state index contributed by atoms with van der Waals surface area (Å²) in [7, 11) is 1.60. The van der Waals surface area contributed by atoms with E-state index in [0.717, 1.165) is 16.7 Å². The van der Waals surface area contributed by atoms with Gasteiger partial charge < -0.3 is 22.3 Å². The summed E-state index contributed by atoms with van der Waals surface area (Å²) in [6.07, 6.45) is 6.65. The van der Waals surface area contributed by atoms with Crippen LogP contribution in [0.15, 0.2) is 90.2 Å². The molecule has 0 aliphatic carbocycles. The third kappa shape index (κ3) is 4.24. The van der Waals surface area contributed by atoms with E-state index in [9.17, 15) is 0 Å². The van der Waals surface area contributed by atoms with E-state index in [1.54, 1.807) is 70.0 Å². The molecule has 0 atom stereocenters. The van der Waals surface area contributed by atoms with E-state index in [1.165, 1.54) is 8.96 Å². The van der Waals surface area contributed by atoms with Crippen LogP contribution >= 0.6 is 0 Å². The number of ether oxygens (including phenoxy) is 1. The molecular formula is C34H27BF2N4O. The number of allylic oxidation sites excluding steroid dienone is 2. The lowest BCUT2D eigenvalue weighted by Gasteiger charge is -2.33. The Labute approximate surface area is 244 Å². The highest BCUT2D eigenvalue weighted by atomic mass is 19.2. The number of methoxy groups -OCH3 is 1. The van der Waals surface area contributed by atoms with Gasteiger partial charge in [-0.05, 0) is 68.3 Å². The Morgan fingerprint density at radius 2 is 1.36 bits per heavy atom. The Balaban J connectivity index is 1.65. The van der Waals surface area contributed by atoms with Crippen molar-refractivity contribution in [3.8, 4) is 29.4 Å². The molecule has 0 spiro atoms. The fourth-order valence-electron chi connectivity index (χ4n) is 5.88. The van der Waals surface area contributed by atoms with Crippen LogP contribution < -0.4 is 4.74 Å². The van der Waals surface area contributed by atoms with Crippen molar-refractivity contribution in [2.75, 3.05) is 7.11 Å². The molecule has 4 aromatic rings. The lowest BCUT2D eigenvalue weighted by Crippen LogP contribution is -2.51. The first-order valence-corrected chi connectivity index (χ1v) is 13.6. The zero-order chi connectivity index (χ0) is 29.6. The van der Waals surface area contributed by atoms with Crippen molar-refractivity contribution in [3.05, 3.63) is 129 Å². The molecule has 3 aromatic heterocycles. The summed E-state index contributed by atoms with van der Waals surface area (Å²) >= 11 is 0. The van der Waals surface area contributed by atoms with Gasteiger partial charge in [-0.2, -0.15) is 0 Å². The summed E-state index contributed by atoms with van der Waals surface area (Å²) < 4.78 is 41.5. The van der Waals surface area contributed by atoms with Gasteiger partial charge in [0.2, 0.25) is 0 Å². The average Bonchev–Trinajstić information content (AvgIpc) is 3.41. The molecule has 6 rings (SSSR count).